The molecule has 11 heteroatoms. The summed E-state index contributed by atoms with van der Waals surface area (Å²) in [5.41, 5.74) is -0.0491. The Morgan fingerprint density at radius 3 is 2.37 bits per heavy atom. The number of nitrogens with zero attached hydrogens (tertiary/aromatic N) is 3. The zero-order valence-corrected chi connectivity index (χ0v) is 13.7. The van der Waals surface area contributed by atoms with Gasteiger partial charge in [-0.2, -0.15) is 23.5 Å². The second-order valence-corrected chi connectivity index (χ2v) is 5.12. The number of anilines is 1. The molecule has 0 aliphatic carbocycles. The Bertz CT molecular complexity index is 949. The number of esters is 1. The largest absolute Gasteiger partial charge is 0.461 e. The molecule has 142 valence electrons. The van der Waals surface area contributed by atoms with Crippen molar-refractivity contribution in [1.82, 2.24) is 9.78 Å². The van der Waals surface area contributed by atoms with Crippen LogP contribution >= 0.6 is 0 Å². The quantitative estimate of drug-likeness (QED) is 0.642. The Morgan fingerprint density at radius 2 is 1.93 bits per heavy atom. The van der Waals surface area contributed by atoms with Crippen molar-refractivity contribution >= 4 is 17.2 Å². The van der Waals surface area contributed by atoms with Crippen LogP contribution in [0.3, 0.4) is 0 Å². The van der Waals surface area contributed by atoms with Gasteiger partial charge in [0.05, 0.1) is 29.5 Å². The summed E-state index contributed by atoms with van der Waals surface area (Å²) in [6.07, 6.45) is -5.03. The second kappa shape index (κ2) is 7.06. The van der Waals surface area contributed by atoms with Gasteiger partial charge in [-0.1, -0.05) is 6.58 Å². The van der Waals surface area contributed by atoms with Crippen LogP contribution in [0.2, 0.25) is 0 Å². The maximum atomic E-state index is 14.3. The number of carbonyl (C=O) groups excluding carboxylic acids is 1. The highest BCUT2D eigenvalue weighted by Crippen LogP contribution is 2.38. The SMILES string of the molecule is C=C(c1c(N)c(C(=O)OCC)nn1-c1c(F)cc(C#N)cc1F)C(F)(F)F. The van der Waals surface area contributed by atoms with E-state index in [4.69, 9.17) is 11.0 Å². The third kappa shape index (κ3) is 3.59. The molecule has 0 saturated heterocycles. The first-order valence-corrected chi connectivity index (χ1v) is 7.24. The van der Waals surface area contributed by atoms with E-state index in [1.165, 1.54) is 13.0 Å². The van der Waals surface area contributed by atoms with Gasteiger partial charge in [0.2, 0.25) is 0 Å². The van der Waals surface area contributed by atoms with E-state index >= 15 is 0 Å². The summed E-state index contributed by atoms with van der Waals surface area (Å²) in [6, 6.07) is 2.69. The lowest BCUT2D eigenvalue weighted by atomic mass is 10.1. The summed E-state index contributed by atoms with van der Waals surface area (Å²) in [6.45, 7) is 4.13. The van der Waals surface area contributed by atoms with Crippen LogP contribution in [-0.2, 0) is 4.74 Å². The fourth-order valence-corrected chi connectivity index (χ4v) is 2.20. The highest BCUT2D eigenvalue weighted by atomic mass is 19.4. The maximum Gasteiger partial charge on any atom is 0.417 e. The Kier molecular flexibility index (Phi) is 5.21. The number of allylic oxidation sites excluding steroid dienone is 1. The number of nitriles is 1. The number of alkyl halides is 3. The van der Waals surface area contributed by atoms with E-state index in [2.05, 4.69) is 16.4 Å². The number of rotatable bonds is 4. The molecule has 1 aromatic carbocycles. The molecule has 0 aliphatic rings. The Morgan fingerprint density at radius 1 is 1.37 bits per heavy atom. The minimum absolute atomic E-state index is 0.139. The van der Waals surface area contributed by atoms with Crippen LogP contribution in [0.1, 0.15) is 28.7 Å². The minimum Gasteiger partial charge on any atom is -0.461 e. The number of nitrogens with two attached hydrogens (primary N) is 1. The molecule has 2 N–H and O–H groups in total. The van der Waals surface area contributed by atoms with Gasteiger partial charge in [-0.3, -0.25) is 0 Å². The first-order valence-electron chi connectivity index (χ1n) is 7.24. The van der Waals surface area contributed by atoms with Crippen molar-refractivity contribution in [2.24, 2.45) is 0 Å². The zero-order valence-electron chi connectivity index (χ0n) is 13.7. The lowest BCUT2D eigenvalue weighted by molar-refractivity contribution is -0.0690. The molecule has 0 amide bonds. The normalized spacial score (nSPS) is 11.1. The molecular formula is C16H11F5N4O2. The van der Waals surface area contributed by atoms with Gasteiger partial charge >= 0.3 is 12.1 Å². The lowest BCUT2D eigenvalue weighted by Gasteiger charge is -2.14. The van der Waals surface area contributed by atoms with Crippen LogP contribution in [-0.4, -0.2) is 28.5 Å². The average molecular weight is 386 g/mol. The van der Waals surface area contributed by atoms with Gasteiger partial charge in [0.1, 0.15) is 11.4 Å². The van der Waals surface area contributed by atoms with Gasteiger partial charge in [-0.05, 0) is 19.1 Å². The zero-order chi connectivity index (χ0) is 20.5. The molecule has 0 spiro atoms. The van der Waals surface area contributed by atoms with Gasteiger partial charge in [0.25, 0.3) is 0 Å². The van der Waals surface area contributed by atoms with Crippen molar-refractivity contribution in [2.45, 2.75) is 13.1 Å². The Labute approximate surface area is 149 Å². The fourth-order valence-electron chi connectivity index (χ4n) is 2.20. The van der Waals surface area contributed by atoms with Gasteiger partial charge < -0.3 is 10.5 Å². The van der Waals surface area contributed by atoms with E-state index in [-0.39, 0.29) is 11.3 Å². The van der Waals surface area contributed by atoms with Crippen molar-refractivity contribution in [3.8, 4) is 11.8 Å². The van der Waals surface area contributed by atoms with Crippen LogP contribution < -0.4 is 5.73 Å². The van der Waals surface area contributed by atoms with Gasteiger partial charge in [-0.15, -0.1) is 0 Å². The van der Waals surface area contributed by atoms with Crippen LogP contribution in [0.15, 0.2) is 18.7 Å². The maximum absolute atomic E-state index is 14.3. The molecule has 6 nitrogen and oxygen atoms in total. The van der Waals surface area contributed by atoms with E-state index in [0.29, 0.717) is 12.1 Å². The molecule has 0 fully saturated rings. The van der Waals surface area contributed by atoms with Crippen LogP contribution in [0.5, 0.6) is 0 Å². The lowest BCUT2D eigenvalue weighted by Crippen LogP contribution is -2.16. The fraction of sp³-hybridized carbons (Fsp3) is 0.188. The monoisotopic (exact) mass is 386 g/mol. The number of carbonyl (C=O) groups is 1. The van der Waals surface area contributed by atoms with E-state index in [1.807, 2.05) is 0 Å². The molecule has 0 radical (unpaired) electrons. The first-order chi connectivity index (χ1) is 12.5. The van der Waals surface area contributed by atoms with E-state index in [0.717, 1.165) is 0 Å². The number of halogens is 5. The highest BCUT2D eigenvalue weighted by Gasteiger charge is 2.39. The molecule has 1 heterocycles. The molecule has 0 unspecified atom stereocenters. The molecule has 0 atom stereocenters. The summed E-state index contributed by atoms with van der Waals surface area (Å²) in [7, 11) is 0. The predicted molar refractivity (Wildman–Crippen MR) is 83.7 cm³/mol. The molecule has 0 bridgehead atoms. The summed E-state index contributed by atoms with van der Waals surface area (Å²) in [5, 5.41) is 12.2. The van der Waals surface area contributed by atoms with E-state index < -0.39 is 57.7 Å². The molecule has 27 heavy (non-hydrogen) atoms. The average Bonchev–Trinajstić information content (AvgIpc) is 2.89. The van der Waals surface area contributed by atoms with Gasteiger partial charge in [0.15, 0.2) is 17.3 Å². The van der Waals surface area contributed by atoms with Gasteiger partial charge in [0, 0.05) is 0 Å². The van der Waals surface area contributed by atoms with Crippen molar-refractivity contribution in [1.29, 1.82) is 5.26 Å². The van der Waals surface area contributed by atoms with E-state index in [9.17, 15) is 26.7 Å². The molecule has 2 aromatic rings. The van der Waals surface area contributed by atoms with Gasteiger partial charge in [-0.25, -0.2) is 18.3 Å². The van der Waals surface area contributed by atoms with Crippen LogP contribution in [0.4, 0.5) is 27.6 Å². The second-order valence-electron chi connectivity index (χ2n) is 5.12. The number of nitrogen functional groups attached to an aromatic ring is 1. The van der Waals surface area contributed by atoms with Crippen LogP contribution in [0.25, 0.3) is 11.3 Å². The standard InChI is InChI=1S/C16H11F5N4O2/c1-3-27-15(26)12-11(23)13(7(2)16(19,20)21)25(24-12)14-9(17)4-8(6-22)5-10(14)18/h4-5H,2-3,23H2,1H3. The number of ether oxygens (including phenoxy) is 1. The van der Waals surface area contributed by atoms with E-state index in [1.54, 1.807) is 0 Å². The minimum atomic E-state index is -5.03. The molecule has 1 aromatic heterocycles. The predicted octanol–water partition coefficient (Wildman–Crippen LogP) is 3.36. The van der Waals surface area contributed by atoms with Crippen molar-refractivity contribution in [3.63, 3.8) is 0 Å². The molecule has 0 saturated carbocycles. The summed E-state index contributed by atoms with van der Waals surface area (Å²) in [4.78, 5) is 11.9. The number of hydrogen-bond donors (Lipinski definition) is 1. The molecular weight excluding hydrogens is 375 g/mol. The molecule has 2 rings (SSSR count). The third-order valence-corrected chi connectivity index (χ3v) is 3.38. The molecule has 0 aliphatic heterocycles. The Balaban J connectivity index is 2.84. The first kappa shape index (κ1) is 19.9. The number of aromatic nitrogens is 2. The summed E-state index contributed by atoms with van der Waals surface area (Å²) in [5.74, 6) is -3.96. The summed E-state index contributed by atoms with van der Waals surface area (Å²) < 4.78 is 72.8. The van der Waals surface area contributed by atoms with Crippen molar-refractivity contribution in [2.75, 3.05) is 12.3 Å². The number of hydrogen-bond acceptors (Lipinski definition) is 5. The van der Waals surface area contributed by atoms with Crippen LogP contribution in [0, 0.1) is 23.0 Å². The summed E-state index contributed by atoms with van der Waals surface area (Å²) >= 11 is 0. The number of benzene rings is 1. The van der Waals surface area contributed by atoms with Crippen molar-refractivity contribution in [3.05, 3.63) is 47.3 Å². The smallest absolute Gasteiger partial charge is 0.417 e. The third-order valence-electron chi connectivity index (χ3n) is 3.38. The van der Waals surface area contributed by atoms with Crippen molar-refractivity contribution < 1.29 is 31.5 Å². The highest BCUT2D eigenvalue weighted by molar-refractivity contribution is 5.96. The topological polar surface area (TPSA) is 93.9 Å². The Hall–Kier alpha value is -3.42.